The van der Waals surface area contributed by atoms with Crippen molar-refractivity contribution in [2.75, 3.05) is 18.4 Å². The second kappa shape index (κ2) is 6.57. The van der Waals surface area contributed by atoms with Crippen LogP contribution >= 0.6 is 0 Å². The lowest BCUT2D eigenvalue weighted by atomic mass is 10.1. The zero-order valence-electron chi connectivity index (χ0n) is 13.9. The van der Waals surface area contributed by atoms with E-state index in [2.05, 4.69) is 41.8 Å². The molecule has 2 aromatic carbocycles. The number of nitrogens with zero attached hydrogens (tertiary/aromatic N) is 2. The van der Waals surface area contributed by atoms with E-state index < -0.39 is 0 Å². The third-order valence-corrected chi connectivity index (χ3v) is 4.67. The minimum Gasteiger partial charge on any atom is -0.367 e. The van der Waals surface area contributed by atoms with Crippen molar-refractivity contribution in [2.24, 2.45) is 0 Å². The third kappa shape index (κ3) is 2.97. The molecule has 0 unspecified atom stereocenters. The van der Waals surface area contributed by atoms with Gasteiger partial charge in [0.05, 0.1) is 5.52 Å². The van der Waals surface area contributed by atoms with Crippen molar-refractivity contribution in [3.63, 3.8) is 0 Å². The summed E-state index contributed by atoms with van der Waals surface area (Å²) in [5.74, 6) is 1.74. The number of piperidine rings is 1. The highest BCUT2D eigenvalue weighted by atomic mass is 15.1. The van der Waals surface area contributed by atoms with Gasteiger partial charge in [0.25, 0.3) is 0 Å². The Balaban J connectivity index is 1.80. The molecule has 4 nitrogen and oxygen atoms in total. The molecule has 1 aromatic heterocycles. The van der Waals surface area contributed by atoms with Crippen LogP contribution in [0.5, 0.6) is 0 Å². The maximum Gasteiger partial charge on any atom is 0.162 e. The lowest BCUT2D eigenvalue weighted by Gasteiger charge is -2.25. The number of fused-ring (bicyclic) bond motifs is 1. The normalized spacial score (nSPS) is 15.5. The van der Waals surface area contributed by atoms with Crippen LogP contribution in [0.15, 0.2) is 48.5 Å². The SMILES string of the molecule is Cc1ccccc1-c1nc(NC2CCNCC2)c2ccccc2n1. The molecule has 0 spiro atoms. The molecule has 0 saturated carbocycles. The van der Waals surface area contributed by atoms with E-state index in [1.54, 1.807) is 0 Å². The predicted octanol–water partition coefficient (Wildman–Crippen LogP) is 3.77. The van der Waals surface area contributed by atoms with Gasteiger partial charge in [-0.3, -0.25) is 0 Å². The number of anilines is 1. The lowest BCUT2D eigenvalue weighted by Crippen LogP contribution is -2.35. The second-order valence-corrected chi connectivity index (χ2v) is 6.40. The van der Waals surface area contributed by atoms with E-state index in [1.165, 1.54) is 5.56 Å². The molecule has 4 heteroatoms. The van der Waals surface area contributed by atoms with Crippen LogP contribution in [0.4, 0.5) is 5.82 Å². The van der Waals surface area contributed by atoms with Gasteiger partial charge in [0.15, 0.2) is 5.82 Å². The molecule has 0 atom stereocenters. The van der Waals surface area contributed by atoms with Gasteiger partial charge in [-0.15, -0.1) is 0 Å². The van der Waals surface area contributed by atoms with Gasteiger partial charge in [0, 0.05) is 17.0 Å². The number of para-hydroxylation sites is 1. The summed E-state index contributed by atoms with van der Waals surface area (Å²) in [6.07, 6.45) is 2.25. The maximum atomic E-state index is 4.88. The van der Waals surface area contributed by atoms with E-state index in [0.29, 0.717) is 6.04 Å². The highest BCUT2D eigenvalue weighted by molar-refractivity contribution is 5.90. The number of aryl methyl sites for hydroxylation is 1. The Labute approximate surface area is 142 Å². The monoisotopic (exact) mass is 318 g/mol. The van der Waals surface area contributed by atoms with Crippen LogP contribution in [0.3, 0.4) is 0 Å². The van der Waals surface area contributed by atoms with Gasteiger partial charge in [0.1, 0.15) is 5.82 Å². The molecule has 0 amide bonds. The van der Waals surface area contributed by atoms with Gasteiger partial charge in [-0.2, -0.15) is 0 Å². The molecule has 0 bridgehead atoms. The molecule has 4 rings (SSSR count). The van der Waals surface area contributed by atoms with E-state index in [4.69, 9.17) is 9.97 Å². The van der Waals surface area contributed by atoms with Crippen molar-refractivity contribution < 1.29 is 0 Å². The van der Waals surface area contributed by atoms with Gasteiger partial charge >= 0.3 is 0 Å². The highest BCUT2D eigenvalue weighted by Crippen LogP contribution is 2.27. The number of nitrogens with one attached hydrogen (secondary N) is 2. The lowest BCUT2D eigenvalue weighted by molar-refractivity contribution is 0.478. The summed E-state index contributed by atoms with van der Waals surface area (Å²) in [6, 6.07) is 17.0. The van der Waals surface area contributed by atoms with E-state index in [1.807, 2.05) is 24.3 Å². The Morgan fingerprint density at radius 3 is 2.54 bits per heavy atom. The number of hydrogen-bond acceptors (Lipinski definition) is 4. The first-order chi connectivity index (χ1) is 11.8. The fourth-order valence-corrected chi connectivity index (χ4v) is 3.29. The molecule has 3 aromatic rings. The van der Waals surface area contributed by atoms with Gasteiger partial charge in [0.2, 0.25) is 0 Å². The Morgan fingerprint density at radius 1 is 0.958 bits per heavy atom. The molecular weight excluding hydrogens is 296 g/mol. The molecule has 1 saturated heterocycles. The summed E-state index contributed by atoms with van der Waals surface area (Å²) in [4.78, 5) is 9.68. The Morgan fingerprint density at radius 2 is 1.71 bits per heavy atom. The first-order valence-corrected chi connectivity index (χ1v) is 8.61. The summed E-state index contributed by atoms with van der Waals surface area (Å²) < 4.78 is 0. The molecule has 2 heterocycles. The van der Waals surface area contributed by atoms with Crippen LogP contribution in [0.1, 0.15) is 18.4 Å². The Hall–Kier alpha value is -2.46. The van der Waals surface area contributed by atoms with E-state index >= 15 is 0 Å². The first-order valence-electron chi connectivity index (χ1n) is 8.61. The summed E-state index contributed by atoms with van der Waals surface area (Å²) in [5.41, 5.74) is 3.28. The summed E-state index contributed by atoms with van der Waals surface area (Å²) in [7, 11) is 0. The minimum absolute atomic E-state index is 0.467. The Bertz CT molecular complexity index is 853. The van der Waals surface area contributed by atoms with Gasteiger partial charge in [-0.25, -0.2) is 9.97 Å². The number of aromatic nitrogens is 2. The standard InChI is InChI=1S/C20H22N4/c1-14-6-2-3-7-16(14)19-23-18-9-5-4-8-17(18)20(24-19)22-15-10-12-21-13-11-15/h2-9,15,21H,10-13H2,1H3,(H,22,23,24). The van der Waals surface area contributed by atoms with Gasteiger partial charge < -0.3 is 10.6 Å². The van der Waals surface area contributed by atoms with Crippen molar-refractivity contribution >= 4 is 16.7 Å². The predicted molar refractivity (Wildman–Crippen MR) is 99.2 cm³/mol. The molecule has 24 heavy (non-hydrogen) atoms. The van der Waals surface area contributed by atoms with E-state index in [0.717, 1.165) is 54.0 Å². The molecule has 122 valence electrons. The molecule has 0 radical (unpaired) electrons. The van der Waals surface area contributed by atoms with Crippen molar-refractivity contribution in [3.05, 3.63) is 54.1 Å². The largest absolute Gasteiger partial charge is 0.367 e. The molecule has 1 fully saturated rings. The van der Waals surface area contributed by atoms with E-state index in [-0.39, 0.29) is 0 Å². The van der Waals surface area contributed by atoms with Crippen LogP contribution in [0.2, 0.25) is 0 Å². The third-order valence-electron chi connectivity index (χ3n) is 4.67. The zero-order chi connectivity index (χ0) is 16.4. The fraction of sp³-hybridized carbons (Fsp3) is 0.300. The van der Waals surface area contributed by atoms with Gasteiger partial charge in [-0.05, 0) is 50.6 Å². The molecule has 2 N–H and O–H groups in total. The van der Waals surface area contributed by atoms with Crippen LogP contribution < -0.4 is 10.6 Å². The maximum absolute atomic E-state index is 4.88. The topological polar surface area (TPSA) is 49.8 Å². The fourth-order valence-electron chi connectivity index (χ4n) is 3.29. The summed E-state index contributed by atoms with van der Waals surface area (Å²) >= 11 is 0. The number of rotatable bonds is 3. The summed E-state index contributed by atoms with van der Waals surface area (Å²) in [5, 5.41) is 8.16. The van der Waals surface area contributed by atoms with Crippen LogP contribution in [-0.2, 0) is 0 Å². The van der Waals surface area contributed by atoms with Crippen LogP contribution in [-0.4, -0.2) is 29.1 Å². The first kappa shape index (κ1) is 15.1. The highest BCUT2D eigenvalue weighted by Gasteiger charge is 2.16. The average Bonchev–Trinajstić information content (AvgIpc) is 2.63. The molecule has 0 aliphatic carbocycles. The van der Waals surface area contributed by atoms with Crippen molar-refractivity contribution in [1.29, 1.82) is 0 Å². The van der Waals surface area contributed by atoms with Crippen molar-refractivity contribution in [3.8, 4) is 11.4 Å². The summed E-state index contributed by atoms with van der Waals surface area (Å²) in [6.45, 7) is 4.23. The van der Waals surface area contributed by atoms with Gasteiger partial charge in [-0.1, -0.05) is 36.4 Å². The van der Waals surface area contributed by atoms with Crippen LogP contribution in [0.25, 0.3) is 22.3 Å². The molecule has 1 aliphatic heterocycles. The average molecular weight is 318 g/mol. The molecule has 1 aliphatic rings. The minimum atomic E-state index is 0.467. The smallest absolute Gasteiger partial charge is 0.162 e. The van der Waals surface area contributed by atoms with E-state index in [9.17, 15) is 0 Å². The van der Waals surface area contributed by atoms with Crippen molar-refractivity contribution in [1.82, 2.24) is 15.3 Å². The molecular formula is C20H22N4. The Kier molecular flexibility index (Phi) is 4.13. The number of benzene rings is 2. The second-order valence-electron chi connectivity index (χ2n) is 6.40. The zero-order valence-corrected chi connectivity index (χ0v) is 13.9. The quantitative estimate of drug-likeness (QED) is 0.772. The van der Waals surface area contributed by atoms with Crippen molar-refractivity contribution in [2.45, 2.75) is 25.8 Å². The van der Waals surface area contributed by atoms with Crippen LogP contribution in [0, 0.1) is 6.92 Å². The number of hydrogen-bond donors (Lipinski definition) is 2.